The van der Waals surface area contributed by atoms with Crippen molar-refractivity contribution in [3.63, 3.8) is 0 Å². The zero-order valence-corrected chi connectivity index (χ0v) is 11.6. The fourth-order valence-corrected chi connectivity index (χ4v) is 2.16. The molecule has 1 rings (SSSR count). The maximum atomic E-state index is 11.9. The molecule has 1 N–H and O–H groups in total. The van der Waals surface area contributed by atoms with Crippen molar-refractivity contribution in [1.29, 1.82) is 0 Å². The van der Waals surface area contributed by atoms with E-state index in [-0.39, 0.29) is 30.1 Å². The van der Waals surface area contributed by atoms with Crippen molar-refractivity contribution in [2.45, 2.75) is 33.1 Å². The van der Waals surface area contributed by atoms with Gasteiger partial charge in [-0.2, -0.15) is 0 Å². The highest BCUT2D eigenvalue weighted by Gasteiger charge is 2.28. The summed E-state index contributed by atoms with van der Waals surface area (Å²) in [5, 5.41) is 2.59. The van der Waals surface area contributed by atoms with Gasteiger partial charge in [0.25, 0.3) is 0 Å². The van der Waals surface area contributed by atoms with Gasteiger partial charge in [-0.25, -0.2) is 0 Å². The maximum Gasteiger partial charge on any atom is 0.310 e. The number of carbonyl (C=O) groups excluding carboxylic acids is 3. The number of nitrogens with zero attached hydrogens (tertiary/aromatic N) is 1. The highest BCUT2D eigenvalue weighted by Crippen LogP contribution is 2.18. The Kier molecular flexibility index (Phi) is 6.32. The van der Waals surface area contributed by atoms with Gasteiger partial charge in [0.1, 0.15) is 0 Å². The molecule has 1 atom stereocenters. The summed E-state index contributed by atoms with van der Waals surface area (Å²) in [6, 6.07) is 0. The number of nitrogens with one attached hydrogen (secondary N) is 1. The SMILES string of the molecule is CCOC(=O)C1CCCN(C(=O)CCNC(C)=O)C1. The summed E-state index contributed by atoms with van der Waals surface area (Å²) >= 11 is 0. The molecule has 1 saturated heterocycles. The number of piperidine rings is 1. The van der Waals surface area contributed by atoms with Gasteiger partial charge in [-0.05, 0) is 19.8 Å². The Balaban J connectivity index is 2.38. The lowest BCUT2D eigenvalue weighted by Gasteiger charge is -2.31. The van der Waals surface area contributed by atoms with Crippen LogP contribution < -0.4 is 5.32 Å². The molecule has 19 heavy (non-hydrogen) atoms. The van der Waals surface area contributed by atoms with Crippen molar-refractivity contribution in [3.8, 4) is 0 Å². The van der Waals surface area contributed by atoms with Gasteiger partial charge in [0, 0.05) is 33.0 Å². The van der Waals surface area contributed by atoms with Gasteiger partial charge in [0.2, 0.25) is 11.8 Å². The second-order valence-electron chi connectivity index (χ2n) is 4.66. The van der Waals surface area contributed by atoms with E-state index in [1.54, 1.807) is 11.8 Å². The molecular weight excluding hydrogens is 248 g/mol. The number of amides is 2. The number of likely N-dealkylation sites (tertiary alicyclic amines) is 1. The summed E-state index contributed by atoms with van der Waals surface area (Å²) in [6.45, 7) is 5.01. The van der Waals surface area contributed by atoms with Crippen LogP contribution in [0.3, 0.4) is 0 Å². The van der Waals surface area contributed by atoms with Gasteiger partial charge in [0.15, 0.2) is 0 Å². The third-order valence-electron chi connectivity index (χ3n) is 3.11. The summed E-state index contributed by atoms with van der Waals surface area (Å²) < 4.78 is 4.99. The fraction of sp³-hybridized carbons (Fsp3) is 0.769. The van der Waals surface area contributed by atoms with E-state index in [4.69, 9.17) is 4.74 Å². The average molecular weight is 270 g/mol. The number of carbonyl (C=O) groups is 3. The van der Waals surface area contributed by atoms with Crippen molar-refractivity contribution in [2.24, 2.45) is 5.92 Å². The summed E-state index contributed by atoms with van der Waals surface area (Å²) in [5.74, 6) is -0.598. The van der Waals surface area contributed by atoms with Crippen LogP contribution >= 0.6 is 0 Å². The largest absolute Gasteiger partial charge is 0.466 e. The molecule has 0 aliphatic carbocycles. The van der Waals surface area contributed by atoms with Crippen LogP contribution in [0.1, 0.15) is 33.1 Å². The van der Waals surface area contributed by atoms with Gasteiger partial charge >= 0.3 is 5.97 Å². The van der Waals surface area contributed by atoms with E-state index in [1.807, 2.05) is 0 Å². The minimum Gasteiger partial charge on any atom is -0.466 e. The summed E-state index contributed by atoms with van der Waals surface area (Å²) in [7, 11) is 0. The number of rotatable bonds is 5. The molecule has 0 spiro atoms. The van der Waals surface area contributed by atoms with Crippen LogP contribution in [0.4, 0.5) is 0 Å². The number of ether oxygens (including phenoxy) is 1. The lowest BCUT2D eigenvalue weighted by molar-refractivity contribution is -0.151. The van der Waals surface area contributed by atoms with Crippen LogP contribution in [0.15, 0.2) is 0 Å². The van der Waals surface area contributed by atoms with Gasteiger partial charge in [-0.15, -0.1) is 0 Å². The average Bonchev–Trinajstić information content (AvgIpc) is 2.38. The van der Waals surface area contributed by atoms with Crippen molar-refractivity contribution >= 4 is 17.8 Å². The molecule has 0 radical (unpaired) electrons. The van der Waals surface area contributed by atoms with Gasteiger partial charge in [0.05, 0.1) is 12.5 Å². The molecule has 1 unspecified atom stereocenters. The van der Waals surface area contributed by atoms with Crippen molar-refractivity contribution in [1.82, 2.24) is 10.2 Å². The van der Waals surface area contributed by atoms with E-state index in [0.29, 0.717) is 26.2 Å². The molecule has 1 aliphatic heterocycles. The predicted octanol–water partition coefficient (Wildman–Crippen LogP) is 0.314. The van der Waals surface area contributed by atoms with E-state index in [0.717, 1.165) is 12.8 Å². The Hall–Kier alpha value is -1.59. The molecular formula is C13H22N2O4. The molecule has 6 heteroatoms. The van der Waals surface area contributed by atoms with E-state index in [2.05, 4.69) is 5.32 Å². The minimum atomic E-state index is -0.220. The van der Waals surface area contributed by atoms with E-state index in [9.17, 15) is 14.4 Å². The first-order valence-electron chi connectivity index (χ1n) is 6.73. The summed E-state index contributed by atoms with van der Waals surface area (Å²) in [5.41, 5.74) is 0. The quantitative estimate of drug-likeness (QED) is 0.730. The highest BCUT2D eigenvalue weighted by atomic mass is 16.5. The summed E-state index contributed by atoms with van der Waals surface area (Å²) in [4.78, 5) is 36.0. The minimum absolute atomic E-state index is 0.0252. The molecule has 6 nitrogen and oxygen atoms in total. The second kappa shape index (κ2) is 7.76. The zero-order chi connectivity index (χ0) is 14.3. The van der Waals surface area contributed by atoms with Crippen LogP contribution in [-0.4, -0.2) is 48.9 Å². The third-order valence-corrected chi connectivity index (χ3v) is 3.11. The number of hydrogen-bond donors (Lipinski definition) is 1. The Labute approximate surface area is 113 Å². The number of hydrogen-bond acceptors (Lipinski definition) is 4. The van der Waals surface area contributed by atoms with Gasteiger partial charge < -0.3 is 15.0 Å². The zero-order valence-electron chi connectivity index (χ0n) is 11.6. The lowest BCUT2D eigenvalue weighted by Crippen LogP contribution is -2.43. The molecule has 0 aromatic carbocycles. The topological polar surface area (TPSA) is 75.7 Å². The smallest absolute Gasteiger partial charge is 0.310 e. The molecule has 108 valence electrons. The predicted molar refractivity (Wildman–Crippen MR) is 69.2 cm³/mol. The molecule has 0 saturated carbocycles. The summed E-state index contributed by atoms with van der Waals surface area (Å²) in [6.07, 6.45) is 1.86. The molecule has 2 amide bonds. The standard InChI is InChI=1S/C13H22N2O4/c1-3-19-13(18)11-5-4-8-15(9-11)12(17)6-7-14-10(2)16/h11H,3-9H2,1-2H3,(H,14,16). The molecule has 1 aliphatic rings. The van der Waals surface area contributed by atoms with Gasteiger partial charge in [-0.1, -0.05) is 0 Å². The maximum absolute atomic E-state index is 11.9. The molecule has 0 aromatic heterocycles. The van der Waals surface area contributed by atoms with Crippen LogP contribution in [0.25, 0.3) is 0 Å². The first kappa shape index (κ1) is 15.5. The van der Waals surface area contributed by atoms with Gasteiger partial charge in [-0.3, -0.25) is 14.4 Å². The van der Waals surface area contributed by atoms with Crippen LogP contribution in [0, 0.1) is 5.92 Å². The van der Waals surface area contributed by atoms with Crippen LogP contribution in [0.2, 0.25) is 0 Å². The third kappa shape index (κ3) is 5.28. The van der Waals surface area contributed by atoms with E-state index >= 15 is 0 Å². The van der Waals surface area contributed by atoms with E-state index < -0.39 is 0 Å². The first-order valence-corrected chi connectivity index (χ1v) is 6.73. The highest BCUT2D eigenvalue weighted by molar-refractivity contribution is 5.79. The Bertz CT molecular complexity index is 344. The molecule has 0 aromatic rings. The Morgan fingerprint density at radius 1 is 1.37 bits per heavy atom. The normalized spacial score (nSPS) is 18.8. The molecule has 1 heterocycles. The second-order valence-corrected chi connectivity index (χ2v) is 4.66. The van der Waals surface area contributed by atoms with Crippen molar-refractivity contribution in [3.05, 3.63) is 0 Å². The van der Waals surface area contributed by atoms with Crippen LogP contribution in [-0.2, 0) is 19.1 Å². The molecule has 0 bridgehead atoms. The first-order chi connectivity index (χ1) is 9.04. The van der Waals surface area contributed by atoms with E-state index in [1.165, 1.54) is 6.92 Å². The van der Waals surface area contributed by atoms with Crippen LogP contribution in [0.5, 0.6) is 0 Å². The Morgan fingerprint density at radius 3 is 2.74 bits per heavy atom. The Morgan fingerprint density at radius 2 is 2.11 bits per heavy atom. The molecule has 1 fully saturated rings. The van der Waals surface area contributed by atoms with Crippen molar-refractivity contribution < 1.29 is 19.1 Å². The monoisotopic (exact) mass is 270 g/mol. The van der Waals surface area contributed by atoms with Crippen molar-refractivity contribution in [2.75, 3.05) is 26.2 Å². The lowest BCUT2D eigenvalue weighted by atomic mass is 9.98. The number of esters is 1. The fourth-order valence-electron chi connectivity index (χ4n) is 2.16.